The van der Waals surface area contributed by atoms with Crippen LogP contribution in [0, 0.1) is 12.3 Å². The van der Waals surface area contributed by atoms with E-state index in [0.29, 0.717) is 0 Å². The Balaban J connectivity index is 2.55. The van der Waals surface area contributed by atoms with E-state index >= 15 is 0 Å². The van der Waals surface area contributed by atoms with Gasteiger partial charge in [0.1, 0.15) is 0 Å². The van der Waals surface area contributed by atoms with E-state index in [4.69, 9.17) is 11.2 Å². The summed E-state index contributed by atoms with van der Waals surface area (Å²) in [5, 5.41) is 3.39. The standard InChI is InChI=1S/C10H17NO/c1-5-8(2)11-10(4)6-7-12-9(10)3/h1,8-9,11H,6-7H2,2-4H3. The highest BCUT2D eigenvalue weighted by Crippen LogP contribution is 2.25. The first-order chi connectivity index (χ1) is 5.58. The molecule has 0 aromatic rings. The zero-order chi connectivity index (χ0) is 9.19. The highest BCUT2D eigenvalue weighted by atomic mass is 16.5. The van der Waals surface area contributed by atoms with Gasteiger partial charge in [-0.05, 0) is 27.2 Å². The molecule has 1 aliphatic heterocycles. The molecule has 12 heavy (non-hydrogen) atoms. The van der Waals surface area contributed by atoms with E-state index in [1.165, 1.54) is 0 Å². The summed E-state index contributed by atoms with van der Waals surface area (Å²) in [7, 11) is 0. The molecule has 0 radical (unpaired) electrons. The van der Waals surface area contributed by atoms with Crippen molar-refractivity contribution in [1.82, 2.24) is 5.32 Å². The van der Waals surface area contributed by atoms with Crippen LogP contribution in [0.4, 0.5) is 0 Å². The Morgan fingerprint density at radius 2 is 2.42 bits per heavy atom. The maximum Gasteiger partial charge on any atom is 0.0726 e. The maximum atomic E-state index is 5.48. The van der Waals surface area contributed by atoms with Gasteiger partial charge in [0.05, 0.1) is 12.1 Å². The summed E-state index contributed by atoms with van der Waals surface area (Å²) in [6.45, 7) is 7.08. The molecule has 0 bridgehead atoms. The molecule has 0 aromatic carbocycles. The van der Waals surface area contributed by atoms with Crippen LogP contribution in [0.15, 0.2) is 0 Å². The van der Waals surface area contributed by atoms with E-state index in [-0.39, 0.29) is 17.7 Å². The van der Waals surface area contributed by atoms with E-state index in [9.17, 15) is 0 Å². The second kappa shape index (κ2) is 3.47. The molecular weight excluding hydrogens is 150 g/mol. The third-order valence-corrected chi connectivity index (χ3v) is 2.68. The lowest BCUT2D eigenvalue weighted by Gasteiger charge is -2.30. The van der Waals surface area contributed by atoms with Crippen molar-refractivity contribution >= 4 is 0 Å². The van der Waals surface area contributed by atoms with Crippen molar-refractivity contribution in [1.29, 1.82) is 0 Å². The number of ether oxygens (including phenoxy) is 1. The molecule has 68 valence electrons. The quantitative estimate of drug-likeness (QED) is 0.623. The monoisotopic (exact) mass is 167 g/mol. The molecule has 3 unspecified atom stereocenters. The van der Waals surface area contributed by atoms with Crippen LogP contribution in [-0.4, -0.2) is 24.3 Å². The summed E-state index contributed by atoms with van der Waals surface area (Å²) in [5.74, 6) is 2.67. The lowest BCUT2D eigenvalue weighted by Crippen LogP contribution is -2.51. The topological polar surface area (TPSA) is 21.3 Å². The van der Waals surface area contributed by atoms with Gasteiger partial charge >= 0.3 is 0 Å². The minimum atomic E-state index is 0.0613. The Morgan fingerprint density at radius 1 is 1.75 bits per heavy atom. The first-order valence-corrected chi connectivity index (χ1v) is 4.44. The predicted molar refractivity (Wildman–Crippen MR) is 49.9 cm³/mol. The average molecular weight is 167 g/mol. The lowest BCUT2D eigenvalue weighted by atomic mass is 9.94. The molecule has 1 heterocycles. The molecule has 1 aliphatic rings. The molecule has 1 fully saturated rings. The fourth-order valence-corrected chi connectivity index (χ4v) is 1.56. The van der Waals surface area contributed by atoms with Crippen LogP contribution in [0.5, 0.6) is 0 Å². The van der Waals surface area contributed by atoms with E-state index < -0.39 is 0 Å². The molecule has 0 aliphatic carbocycles. The molecule has 0 aromatic heterocycles. The number of hydrogen-bond acceptors (Lipinski definition) is 2. The van der Waals surface area contributed by atoms with Gasteiger partial charge in [-0.25, -0.2) is 0 Å². The molecule has 1 N–H and O–H groups in total. The Hall–Kier alpha value is -0.520. The zero-order valence-corrected chi connectivity index (χ0v) is 8.05. The summed E-state index contributed by atoms with van der Waals surface area (Å²) < 4.78 is 5.48. The molecule has 1 saturated heterocycles. The van der Waals surface area contributed by atoms with Crippen LogP contribution in [0.2, 0.25) is 0 Å². The molecule has 1 rings (SSSR count). The summed E-state index contributed by atoms with van der Waals surface area (Å²) in [5.41, 5.74) is 0.0613. The van der Waals surface area contributed by atoms with Crippen molar-refractivity contribution in [3.05, 3.63) is 0 Å². The van der Waals surface area contributed by atoms with Gasteiger partial charge in [0.15, 0.2) is 0 Å². The summed E-state index contributed by atoms with van der Waals surface area (Å²) in [4.78, 5) is 0. The van der Waals surface area contributed by atoms with E-state index in [1.807, 2.05) is 6.92 Å². The number of terminal acetylenes is 1. The fourth-order valence-electron chi connectivity index (χ4n) is 1.56. The van der Waals surface area contributed by atoms with Crippen molar-refractivity contribution < 1.29 is 4.74 Å². The summed E-state index contributed by atoms with van der Waals surface area (Å²) in [6.07, 6.45) is 6.60. The Morgan fingerprint density at radius 3 is 2.83 bits per heavy atom. The molecule has 3 atom stereocenters. The molecule has 2 nitrogen and oxygen atoms in total. The third-order valence-electron chi connectivity index (χ3n) is 2.68. The number of hydrogen-bond donors (Lipinski definition) is 1. The zero-order valence-electron chi connectivity index (χ0n) is 8.05. The molecule has 0 spiro atoms. The fraction of sp³-hybridized carbons (Fsp3) is 0.800. The van der Waals surface area contributed by atoms with Crippen LogP contribution < -0.4 is 5.32 Å². The number of nitrogens with one attached hydrogen (secondary N) is 1. The van der Waals surface area contributed by atoms with Gasteiger partial charge < -0.3 is 4.74 Å². The van der Waals surface area contributed by atoms with Gasteiger partial charge in [0, 0.05) is 12.1 Å². The van der Waals surface area contributed by atoms with Crippen molar-refractivity contribution in [2.24, 2.45) is 0 Å². The molecule has 2 heteroatoms. The van der Waals surface area contributed by atoms with Crippen molar-refractivity contribution in [3.8, 4) is 12.3 Å². The first-order valence-electron chi connectivity index (χ1n) is 4.44. The minimum absolute atomic E-state index is 0.0613. The van der Waals surface area contributed by atoms with Gasteiger partial charge in [0.25, 0.3) is 0 Å². The van der Waals surface area contributed by atoms with Gasteiger partial charge in [-0.15, -0.1) is 6.42 Å². The summed E-state index contributed by atoms with van der Waals surface area (Å²) in [6, 6.07) is 0.124. The predicted octanol–water partition coefficient (Wildman–Crippen LogP) is 1.17. The summed E-state index contributed by atoms with van der Waals surface area (Å²) >= 11 is 0. The smallest absolute Gasteiger partial charge is 0.0726 e. The Bertz CT molecular complexity index is 197. The Kier molecular flexibility index (Phi) is 2.76. The number of rotatable bonds is 2. The van der Waals surface area contributed by atoms with Gasteiger partial charge in [-0.1, -0.05) is 5.92 Å². The third kappa shape index (κ3) is 1.80. The van der Waals surface area contributed by atoms with Crippen LogP contribution >= 0.6 is 0 Å². The van der Waals surface area contributed by atoms with Gasteiger partial charge in [-0.2, -0.15) is 0 Å². The second-order valence-electron chi connectivity index (χ2n) is 3.71. The molecular formula is C10H17NO. The van der Waals surface area contributed by atoms with E-state index in [0.717, 1.165) is 13.0 Å². The van der Waals surface area contributed by atoms with Crippen LogP contribution in [-0.2, 0) is 4.74 Å². The molecule has 0 saturated carbocycles. The highest BCUT2D eigenvalue weighted by molar-refractivity contribution is 5.03. The average Bonchev–Trinajstić information content (AvgIpc) is 2.32. The van der Waals surface area contributed by atoms with Crippen LogP contribution in [0.25, 0.3) is 0 Å². The second-order valence-corrected chi connectivity index (χ2v) is 3.71. The normalized spacial score (nSPS) is 37.7. The van der Waals surface area contributed by atoms with Crippen LogP contribution in [0.1, 0.15) is 27.2 Å². The minimum Gasteiger partial charge on any atom is -0.377 e. The Labute approximate surface area is 74.7 Å². The largest absolute Gasteiger partial charge is 0.377 e. The van der Waals surface area contributed by atoms with Crippen LogP contribution in [0.3, 0.4) is 0 Å². The van der Waals surface area contributed by atoms with Crippen molar-refractivity contribution in [2.45, 2.75) is 44.9 Å². The van der Waals surface area contributed by atoms with Gasteiger partial charge in [-0.3, -0.25) is 5.32 Å². The van der Waals surface area contributed by atoms with Crippen molar-refractivity contribution in [2.75, 3.05) is 6.61 Å². The van der Waals surface area contributed by atoms with Crippen molar-refractivity contribution in [3.63, 3.8) is 0 Å². The first kappa shape index (κ1) is 9.57. The lowest BCUT2D eigenvalue weighted by molar-refractivity contribution is 0.0872. The molecule has 0 amide bonds. The van der Waals surface area contributed by atoms with E-state index in [1.54, 1.807) is 0 Å². The highest BCUT2D eigenvalue weighted by Gasteiger charge is 2.37. The van der Waals surface area contributed by atoms with Gasteiger partial charge in [0.2, 0.25) is 0 Å². The van der Waals surface area contributed by atoms with E-state index in [2.05, 4.69) is 25.1 Å². The SMILES string of the molecule is C#CC(C)NC1(C)CCOC1C. The maximum absolute atomic E-state index is 5.48.